The molecule has 0 aliphatic carbocycles. The lowest BCUT2D eigenvalue weighted by Crippen LogP contribution is -2.32. The van der Waals surface area contributed by atoms with Gasteiger partial charge in [0.05, 0.1) is 0 Å². The Morgan fingerprint density at radius 2 is 2.31 bits per heavy atom. The van der Waals surface area contributed by atoms with E-state index in [0.717, 1.165) is 5.69 Å². The number of nitrogens with two attached hydrogens (primary N) is 1. The van der Waals surface area contributed by atoms with Crippen LogP contribution in [-0.2, 0) is 0 Å². The molecule has 0 aliphatic heterocycles. The molecule has 0 saturated carbocycles. The highest BCUT2D eigenvalue weighted by molar-refractivity contribution is 5.82. The summed E-state index contributed by atoms with van der Waals surface area (Å²) < 4.78 is 13.0. The lowest BCUT2D eigenvalue weighted by molar-refractivity contribution is 0.314. The third-order valence-corrected chi connectivity index (χ3v) is 2.42. The summed E-state index contributed by atoms with van der Waals surface area (Å²) in [6, 6.07) is 6.29. The van der Waals surface area contributed by atoms with Gasteiger partial charge in [-0.1, -0.05) is 18.1 Å². The molecular formula is C11H16FN3O. The second-order valence-corrected chi connectivity index (χ2v) is 3.79. The first-order chi connectivity index (χ1) is 7.54. The largest absolute Gasteiger partial charge is 0.409 e. The zero-order valence-corrected chi connectivity index (χ0v) is 9.39. The van der Waals surface area contributed by atoms with Gasteiger partial charge in [0.15, 0.2) is 0 Å². The monoisotopic (exact) mass is 225 g/mol. The Hall–Kier alpha value is -1.78. The lowest BCUT2D eigenvalue weighted by Gasteiger charge is -2.22. The SMILES string of the molecule is CC(CN(C)c1cccc(F)c1)C(N)=NO. The summed E-state index contributed by atoms with van der Waals surface area (Å²) in [7, 11) is 1.83. The highest BCUT2D eigenvalue weighted by atomic mass is 19.1. The maximum Gasteiger partial charge on any atom is 0.143 e. The normalized spacial score (nSPS) is 13.6. The van der Waals surface area contributed by atoms with Crippen LogP contribution in [0, 0.1) is 11.7 Å². The Labute approximate surface area is 94.2 Å². The number of hydrogen-bond acceptors (Lipinski definition) is 3. The van der Waals surface area contributed by atoms with Crippen LogP contribution in [0.5, 0.6) is 0 Å². The summed E-state index contributed by atoms with van der Waals surface area (Å²) in [4.78, 5) is 1.85. The minimum Gasteiger partial charge on any atom is -0.409 e. The molecule has 0 saturated heterocycles. The van der Waals surface area contributed by atoms with E-state index in [2.05, 4.69) is 5.16 Å². The van der Waals surface area contributed by atoms with Crippen LogP contribution < -0.4 is 10.6 Å². The summed E-state index contributed by atoms with van der Waals surface area (Å²) in [5, 5.41) is 11.5. The van der Waals surface area contributed by atoms with Crippen LogP contribution in [0.1, 0.15) is 6.92 Å². The molecule has 3 N–H and O–H groups in total. The van der Waals surface area contributed by atoms with E-state index in [9.17, 15) is 4.39 Å². The lowest BCUT2D eigenvalue weighted by atomic mass is 10.1. The van der Waals surface area contributed by atoms with Crippen molar-refractivity contribution in [1.29, 1.82) is 0 Å². The Morgan fingerprint density at radius 1 is 1.62 bits per heavy atom. The molecule has 88 valence electrons. The van der Waals surface area contributed by atoms with E-state index < -0.39 is 0 Å². The van der Waals surface area contributed by atoms with Crippen LogP contribution in [0.15, 0.2) is 29.4 Å². The van der Waals surface area contributed by atoms with E-state index >= 15 is 0 Å². The number of oxime groups is 1. The molecule has 0 heterocycles. The van der Waals surface area contributed by atoms with Gasteiger partial charge in [-0.25, -0.2) is 4.39 Å². The predicted molar refractivity (Wildman–Crippen MR) is 62.2 cm³/mol. The Kier molecular flexibility index (Phi) is 4.10. The van der Waals surface area contributed by atoms with Crippen LogP contribution >= 0.6 is 0 Å². The molecule has 4 nitrogen and oxygen atoms in total. The summed E-state index contributed by atoms with van der Waals surface area (Å²) in [6.45, 7) is 2.39. The van der Waals surface area contributed by atoms with Gasteiger partial charge < -0.3 is 15.8 Å². The molecule has 0 bridgehead atoms. The first-order valence-corrected chi connectivity index (χ1v) is 4.98. The topological polar surface area (TPSA) is 61.8 Å². The molecule has 16 heavy (non-hydrogen) atoms. The molecule has 1 rings (SSSR count). The fourth-order valence-corrected chi connectivity index (χ4v) is 1.42. The molecule has 1 atom stereocenters. The third-order valence-electron chi connectivity index (χ3n) is 2.42. The summed E-state index contributed by atoms with van der Waals surface area (Å²) in [5.74, 6) is -0.206. The van der Waals surface area contributed by atoms with Crippen molar-refractivity contribution in [3.05, 3.63) is 30.1 Å². The number of benzene rings is 1. The number of amidine groups is 1. The highest BCUT2D eigenvalue weighted by Gasteiger charge is 2.11. The van der Waals surface area contributed by atoms with E-state index in [-0.39, 0.29) is 17.6 Å². The second-order valence-electron chi connectivity index (χ2n) is 3.79. The fraction of sp³-hybridized carbons (Fsp3) is 0.364. The molecule has 1 aromatic carbocycles. The Balaban J connectivity index is 2.69. The van der Waals surface area contributed by atoms with E-state index in [1.54, 1.807) is 6.07 Å². The zero-order chi connectivity index (χ0) is 12.1. The first kappa shape index (κ1) is 12.3. The molecular weight excluding hydrogens is 209 g/mol. The van der Waals surface area contributed by atoms with Crippen molar-refractivity contribution in [3.63, 3.8) is 0 Å². The number of nitrogens with zero attached hydrogens (tertiary/aromatic N) is 2. The molecule has 0 fully saturated rings. The number of halogens is 1. The minimum absolute atomic E-state index is 0.0988. The molecule has 0 amide bonds. The first-order valence-electron chi connectivity index (χ1n) is 4.98. The quantitative estimate of drug-likeness (QED) is 0.354. The minimum atomic E-state index is -0.277. The molecule has 1 unspecified atom stereocenters. The molecule has 0 aliphatic rings. The molecule has 1 aromatic rings. The van der Waals surface area contributed by atoms with E-state index in [1.807, 2.05) is 24.9 Å². The summed E-state index contributed by atoms with van der Waals surface area (Å²) in [6.07, 6.45) is 0. The third kappa shape index (κ3) is 3.12. The Bertz CT molecular complexity index is 381. The van der Waals surface area contributed by atoms with Crippen LogP contribution in [0.2, 0.25) is 0 Å². The average Bonchev–Trinajstić information content (AvgIpc) is 2.27. The van der Waals surface area contributed by atoms with Crippen molar-refractivity contribution in [2.24, 2.45) is 16.8 Å². The summed E-state index contributed by atoms with van der Waals surface area (Å²) >= 11 is 0. The molecule has 5 heteroatoms. The van der Waals surface area contributed by atoms with Gasteiger partial charge in [0.1, 0.15) is 11.7 Å². The van der Waals surface area contributed by atoms with Crippen molar-refractivity contribution in [3.8, 4) is 0 Å². The van der Waals surface area contributed by atoms with Crippen LogP contribution in [-0.4, -0.2) is 24.6 Å². The highest BCUT2D eigenvalue weighted by Crippen LogP contribution is 2.15. The molecule has 0 radical (unpaired) electrons. The van der Waals surface area contributed by atoms with Crippen molar-refractivity contribution < 1.29 is 9.60 Å². The average molecular weight is 225 g/mol. The van der Waals surface area contributed by atoms with Gasteiger partial charge in [-0.15, -0.1) is 0 Å². The molecule has 0 spiro atoms. The van der Waals surface area contributed by atoms with Crippen molar-refractivity contribution in [1.82, 2.24) is 0 Å². The predicted octanol–water partition coefficient (Wildman–Crippen LogP) is 1.64. The zero-order valence-electron chi connectivity index (χ0n) is 9.39. The Morgan fingerprint density at radius 3 is 2.88 bits per heavy atom. The van der Waals surface area contributed by atoms with Crippen LogP contribution in [0.25, 0.3) is 0 Å². The maximum atomic E-state index is 13.0. The number of anilines is 1. The fourth-order valence-electron chi connectivity index (χ4n) is 1.42. The van der Waals surface area contributed by atoms with E-state index in [1.165, 1.54) is 12.1 Å². The van der Waals surface area contributed by atoms with E-state index in [0.29, 0.717) is 6.54 Å². The number of hydrogen-bond donors (Lipinski definition) is 2. The van der Waals surface area contributed by atoms with Gasteiger partial charge in [0, 0.05) is 25.2 Å². The van der Waals surface area contributed by atoms with Crippen molar-refractivity contribution >= 4 is 11.5 Å². The standard InChI is InChI=1S/C11H16FN3O/c1-8(11(13)14-16)7-15(2)10-5-3-4-9(12)6-10/h3-6,8,16H,7H2,1-2H3,(H2,13,14). The van der Waals surface area contributed by atoms with Gasteiger partial charge in [-0.05, 0) is 18.2 Å². The van der Waals surface area contributed by atoms with Crippen LogP contribution in [0.4, 0.5) is 10.1 Å². The van der Waals surface area contributed by atoms with Gasteiger partial charge in [-0.3, -0.25) is 0 Å². The summed E-state index contributed by atoms with van der Waals surface area (Å²) in [5.41, 5.74) is 6.23. The maximum absolute atomic E-state index is 13.0. The van der Waals surface area contributed by atoms with Gasteiger partial charge >= 0.3 is 0 Å². The van der Waals surface area contributed by atoms with Gasteiger partial charge in [0.2, 0.25) is 0 Å². The number of rotatable bonds is 4. The van der Waals surface area contributed by atoms with Crippen molar-refractivity contribution in [2.45, 2.75) is 6.92 Å². The van der Waals surface area contributed by atoms with Crippen molar-refractivity contribution in [2.75, 3.05) is 18.5 Å². The van der Waals surface area contributed by atoms with Crippen LogP contribution in [0.3, 0.4) is 0 Å². The van der Waals surface area contributed by atoms with Gasteiger partial charge in [0.25, 0.3) is 0 Å². The van der Waals surface area contributed by atoms with E-state index in [4.69, 9.17) is 10.9 Å². The van der Waals surface area contributed by atoms with Gasteiger partial charge in [-0.2, -0.15) is 0 Å². The second kappa shape index (κ2) is 5.34. The molecule has 0 aromatic heterocycles. The smallest absolute Gasteiger partial charge is 0.143 e.